The van der Waals surface area contributed by atoms with Crippen LogP contribution in [-0.2, 0) is 10.0 Å². The van der Waals surface area contributed by atoms with Gasteiger partial charge in [-0.1, -0.05) is 11.6 Å². The van der Waals surface area contributed by atoms with Crippen molar-refractivity contribution in [1.29, 1.82) is 0 Å². The molecule has 1 aromatic heterocycles. The van der Waals surface area contributed by atoms with E-state index in [0.29, 0.717) is 22.5 Å². The van der Waals surface area contributed by atoms with Gasteiger partial charge < -0.3 is 5.11 Å². The summed E-state index contributed by atoms with van der Waals surface area (Å²) in [5.74, 6) is 0. The maximum atomic E-state index is 12.1. The summed E-state index contributed by atoms with van der Waals surface area (Å²) >= 11 is 5.78. The van der Waals surface area contributed by atoms with Crippen LogP contribution in [0.3, 0.4) is 0 Å². The standard InChI is InChI=1S/C13H15ClN2O3S/c1-9(17)6-7-15-20(18,19)11-3-4-12-10(8-11)2-5-13(14)16-12/h2-5,8-9,15,17H,6-7H2,1H3. The van der Waals surface area contributed by atoms with Gasteiger partial charge in [-0.15, -0.1) is 0 Å². The van der Waals surface area contributed by atoms with Crippen LogP contribution in [0.1, 0.15) is 13.3 Å². The van der Waals surface area contributed by atoms with E-state index in [1.54, 1.807) is 31.2 Å². The van der Waals surface area contributed by atoms with E-state index in [4.69, 9.17) is 16.7 Å². The number of pyridine rings is 1. The summed E-state index contributed by atoms with van der Waals surface area (Å²) < 4.78 is 26.6. The third-order valence-corrected chi connectivity index (χ3v) is 4.46. The van der Waals surface area contributed by atoms with Crippen LogP contribution in [0.25, 0.3) is 10.9 Å². The maximum absolute atomic E-state index is 12.1. The molecule has 0 amide bonds. The summed E-state index contributed by atoms with van der Waals surface area (Å²) in [5, 5.41) is 10.2. The molecular formula is C13H15ClN2O3S. The molecular weight excluding hydrogens is 300 g/mol. The number of nitrogens with one attached hydrogen (secondary N) is 1. The van der Waals surface area contributed by atoms with Crippen LogP contribution in [0.4, 0.5) is 0 Å². The zero-order valence-electron chi connectivity index (χ0n) is 10.9. The SMILES string of the molecule is CC(O)CCNS(=O)(=O)c1ccc2nc(Cl)ccc2c1. The average molecular weight is 315 g/mol. The van der Waals surface area contributed by atoms with Gasteiger partial charge in [-0.05, 0) is 43.7 Å². The molecule has 2 rings (SSSR count). The lowest BCUT2D eigenvalue weighted by Crippen LogP contribution is -2.26. The van der Waals surface area contributed by atoms with Crippen LogP contribution in [0.5, 0.6) is 0 Å². The molecule has 0 spiro atoms. The summed E-state index contributed by atoms with van der Waals surface area (Å²) in [6.45, 7) is 1.80. The van der Waals surface area contributed by atoms with E-state index >= 15 is 0 Å². The van der Waals surface area contributed by atoms with Crippen molar-refractivity contribution >= 4 is 32.5 Å². The van der Waals surface area contributed by atoms with Crippen LogP contribution in [0.2, 0.25) is 5.15 Å². The zero-order chi connectivity index (χ0) is 14.8. The first-order valence-electron chi connectivity index (χ1n) is 6.12. The fourth-order valence-electron chi connectivity index (χ4n) is 1.73. The number of nitrogens with zero attached hydrogens (tertiary/aromatic N) is 1. The van der Waals surface area contributed by atoms with E-state index in [0.717, 1.165) is 0 Å². The lowest BCUT2D eigenvalue weighted by molar-refractivity contribution is 0.186. The van der Waals surface area contributed by atoms with E-state index < -0.39 is 16.1 Å². The summed E-state index contributed by atoms with van der Waals surface area (Å²) in [6, 6.07) is 7.98. The Labute approximate surface area is 122 Å². The van der Waals surface area contributed by atoms with Crippen LogP contribution in [0, 0.1) is 0 Å². The molecule has 20 heavy (non-hydrogen) atoms. The van der Waals surface area contributed by atoms with Crippen molar-refractivity contribution in [2.45, 2.75) is 24.3 Å². The van der Waals surface area contributed by atoms with Crippen molar-refractivity contribution in [3.63, 3.8) is 0 Å². The third-order valence-electron chi connectivity index (χ3n) is 2.79. The fraction of sp³-hybridized carbons (Fsp3) is 0.308. The number of hydrogen-bond acceptors (Lipinski definition) is 4. The topological polar surface area (TPSA) is 79.3 Å². The van der Waals surface area contributed by atoms with Gasteiger partial charge in [0.2, 0.25) is 10.0 Å². The highest BCUT2D eigenvalue weighted by Gasteiger charge is 2.14. The number of sulfonamides is 1. The van der Waals surface area contributed by atoms with Crippen molar-refractivity contribution in [3.8, 4) is 0 Å². The van der Waals surface area contributed by atoms with Crippen LogP contribution in [-0.4, -0.2) is 31.2 Å². The lowest BCUT2D eigenvalue weighted by Gasteiger charge is -2.08. The first-order valence-corrected chi connectivity index (χ1v) is 7.98. The summed E-state index contributed by atoms with van der Waals surface area (Å²) in [5.41, 5.74) is 0.639. The summed E-state index contributed by atoms with van der Waals surface area (Å²) in [7, 11) is -3.58. The summed E-state index contributed by atoms with van der Waals surface area (Å²) in [6.07, 6.45) is -0.176. The van der Waals surface area contributed by atoms with E-state index in [1.165, 1.54) is 6.07 Å². The van der Waals surface area contributed by atoms with Crippen molar-refractivity contribution in [2.24, 2.45) is 0 Å². The molecule has 1 aromatic carbocycles. The molecule has 7 heteroatoms. The lowest BCUT2D eigenvalue weighted by atomic mass is 10.2. The Hall–Kier alpha value is -1.21. The normalized spacial score (nSPS) is 13.6. The minimum atomic E-state index is -3.58. The second-order valence-corrected chi connectivity index (χ2v) is 6.68. The first-order chi connectivity index (χ1) is 9.38. The van der Waals surface area contributed by atoms with Crippen LogP contribution < -0.4 is 4.72 Å². The molecule has 0 saturated carbocycles. The third kappa shape index (κ3) is 3.67. The quantitative estimate of drug-likeness (QED) is 0.827. The number of hydrogen-bond donors (Lipinski definition) is 2. The molecule has 0 fully saturated rings. The largest absolute Gasteiger partial charge is 0.393 e. The molecule has 2 aromatic rings. The van der Waals surface area contributed by atoms with Gasteiger partial charge >= 0.3 is 0 Å². The summed E-state index contributed by atoms with van der Waals surface area (Å²) in [4.78, 5) is 4.27. The average Bonchev–Trinajstić information content (AvgIpc) is 2.37. The maximum Gasteiger partial charge on any atom is 0.240 e. The molecule has 1 unspecified atom stereocenters. The van der Waals surface area contributed by atoms with E-state index in [2.05, 4.69) is 9.71 Å². The predicted molar refractivity (Wildman–Crippen MR) is 78.2 cm³/mol. The number of aliphatic hydroxyl groups excluding tert-OH is 1. The Kier molecular flexibility index (Phi) is 4.59. The van der Waals surface area contributed by atoms with Crippen molar-refractivity contribution in [3.05, 3.63) is 35.5 Å². The number of aliphatic hydroxyl groups is 1. The molecule has 0 aliphatic heterocycles. The minimum Gasteiger partial charge on any atom is -0.393 e. The Morgan fingerprint density at radius 1 is 1.35 bits per heavy atom. The molecule has 5 nitrogen and oxygen atoms in total. The monoisotopic (exact) mass is 314 g/mol. The molecule has 0 bridgehead atoms. The second kappa shape index (κ2) is 6.05. The van der Waals surface area contributed by atoms with Gasteiger partial charge in [0.25, 0.3) is 0 Å². The molecule has 1 atom stereocenters. The highest BCUT2D eigenvalue weighted by molar-refractivity contribution is 7.89. The Bertz CT molecular complexity index is 717. The van der Waals surface area contributed by atoms with E-state index in [-0.39, 0.29) is 11.4 Å². The minimum absolute atomic E-state index is 0.166. The Morgan fingerprint density at radius 2 is 2.10 bits per heavy atom. The van der Waals surface area contributed by atoms with Gasteiger partial charge in [-0.3, -0.25) is 0 Å². The molecule has 0 radical (unpaired) electrons. The molecule has 1 heterocycles. The van der Waals surface area contributed by atoms with Crippen LogP contribution in [0.15, 0.2) is 35.2 Å². The highest BCUT2D eigenvalue weighted by Crippen LogP contribution is 2.19. The number of halogens is 1. The molecule has 0 aliphatic carbocycles. The number of fused-ring (bicyclic) bond motifs is 1. The fourth-order valence-corrected chi connectivity index (χ4v) is 2.97. The second-order valence-electron chi connectivity index (χ2n) is 4.52. The van der Waals surface area contributed by atoms with E-state index in [1.807, 2.05) is 0 Å². The predicted octanol–water partition coefficient (Wildman–Crippen LogP) is 1.94. The molecule has 2 N–H and O–H groups in total. The van der Waals surface area contributed by atoms with Gasteiger partial charge in [-0.25, -0.2) is 18.1 Å². The highest BCUT2D eigenvalue weighted by atomic mass is 35.5. The molecule has 0 aliphatic rings. The van der Waals surface area contributed by atoms with Gasteiger partial charge in [-0.2, -0.15) is 0 Å². The Morgan fingerprint density at radius 3 is 2.80 bits per heavy atom. The first kappa shape index (κ1) is 15.2. The molecule has 108 valence electrons. The van der Waals surface area contributed by atoms with Gasteiger partial charge in [0.05, 0.1) is 16.5 Å². The Balaban J connectivity index is 2.25. The van der Waals surface area contributed by atoms with Crippen molar-refractivity contribution in [1.82, 2.24) is 9.71 Å². The zero-order valence-corrected chi connectivity index (χ0v) is 12.4. The number of aromatic nitrogens is 1. The van der Waals surface area contributed by atoms with E-state index in [9.17, 15) is 8.42 Å². The van der Waals surface area contributed by atoms with Crippen LogP contribution >= 0.6 is 11.6 Å². The number of rotatable bonds is 5. The molecule has 0 saturated heterocycles. The number of benzene rings is 1. The van der Waals surface area contributed by atoms with Crippen molar-refractivity contribution in [2.75, 3.05) is 6.54 Å². The van der Waals surface area contributed by atoms with Gasteiger partial charge in [0, 0.05) is 11.9 Å². The van der Waals surface area contributed by atoms with Gasteiger partial charge in [0.1, 0.15) is 5.15 Å². The van der Waals surface area contributed by atoms with Gasteiger partial charge in [0.15, 0.2) is 0 Å². The smallest absolute Gasteiger partial charge is 0.240 e. The van der Waals surface area contributed by atoms with Crippen molar-refractivity contribution < 1.29 is 13.5 Å².